The topological polar surface area (TPSA) is 78.5 Å². The van der Waals surface area contributed by atoms with Crippen LogP contribution in [0.25, 0.3) is 0 Å². The van der Waals surface area contributed by atoms with Crippen molar-refractivity contribution in [1.29, 1.82) is 0 Å². The molecule has 0 fully saturated rings. The van der Waals surface area contributed by atoms with Gasteiger partial charge in [0.25, 0.3) is 0 Å². The first-order valence-corrected chi connectivity index (χ1v) is 9.32. The van der Waals surface area contributed by atoms with Crippen LogP contribution in [0.5, 0.6) is 0 Å². The molecule has 0 aromatic heterocycles. The van der Waals surface area contributed by atoms with Crippen LogP contribution in [-0.4, -0.2) is 30.0 Å². The summed E-state index contributed by atoms with van der Waals surface area (Å²) in [5.74, 6) is -1.05. The second-order valence-corrected chi connectivity index (χ2v) is 6.99. The minimum atomic E-state index is -0.603. The van der Waals surface area contributed by atoms with Gasteiger partial charge in [-0.2, -0.15) is 0 Å². The Labute approximate surface area is 160 Å². The quantitative estimate of drug-likeness (QED) is 0.826. The Balaban J connectivity index is 1.65. The van der Waals surface area contributed by atoms with Crippen LogP contribution in [0.3, 0.4) is 0 Å². The van der Waals surface area contributed by atoms with Gasteiger partial charge in [0.1, 0.15) is 5.82 Å². The fraction of sp³-hybridized carbons (Fsp3) is 0.211. The highest BCUT2D eigenvalue weighted by molar-refractivity contribution is 8.00. The average Bonchev–Trinajstić information content (AvgIpc) is 2.63. The van der Waals surface area contributed by atoms with Crippen molar-refractivity contribution in [2.45, 2.75) is 18.2 Å². The van der Waals surface area contributed by atoms with Gasteiger partial charge >= 0.3 is 0 Å². The Morgan fingerprint density at radius 3 is 2.74 bits per heavy atom. The minimum absolute atomic E-state index is 0.0211. The first-order valence-electron chi connectivity index (χ1n) is 8.33. The third-order valence-electron chi connectivity index (χ3n) is 3.93. The number of hydrogen-bond donors (Lipinski definition) is 2. The van der Waals surface area contributed by atoms with Gasteiger partial charge in [-0.15, -0.1) is 11.8 Å². The van der Waals surface area contributed by atoms with Crippen LogP contribution in [0.15, 0.2) is 47.4 Å². The van der Waals surface area contributed by atoms with E-state index in [0.717, 1.165) is 10.6 Å². The molecule has 0 bridgehead atoms. The number of rotatable bonds is 5. The number of thioether (sulfide) groups is 1. The molecule has 8 heteroatoms. The molecule has 140 valence electrons. The number of benzene rings is 2. The van der Waals surface area contributed by atoms with E-state index in [1.807, 2.05) is 24.3 Å². The number of nitrogens with one attached hydrogen (secondary N) is 2. The SMILES string of the molecule is CC(=O)Nc1ccc(F)c(NC(=O)CCN2C(=O)CSc3ccccc32)c1. The van der Waals surface area contributed by atoms with Crippen LogP contribution in [-0.2, 0) is 14.4 Å². The number of hydrogen-bond acceptors (Lipinski definition) is 4. The lowest BCUT2D eigenvalue weighted by molar-refractivity contribution is -0.117. The average molecular weight is 387 g/mol. The lowest BCUT2D eigenvalue weighted by Gasteiger charge is -2.28. The Kier molecular flexibility index (Phi) is 5.75. The summed E-state index contributed by atoms with van der Waals surface area (Å²) in [6, 6.07) is 11.4. The number of para-hydroxylation sites is 1. The lowest BCUT2D eigenvalue weighted by atomic mass is 10.2. The van der Waals surface area contributed by atoms with Crippen LogP contribution in [0, 0.1) is 5.82 Å². The molecule has 3 rings (SSSR count). The molecule has 0 atom stereocenters. The van der Waals surface area contributed by atoms with E-state index in [4.69, 9.17) is 0 Å². The lowest BCUT2D eigenvalue weighted by Crippen LogP contribution is -2.37. The fourth-order valence-electron chi connectivity index (χ4n) is 2.73. The number of carbonyl (C=O) groups is 3. The largest absolute Gasteiger partial charge is 0.326 e. The van der Waals surface area contributed by atoms with Crippen molar-refractivity contribution in [1.82, 2.24) is 0 Å². The summed E-state index contributed by atoms with van der Waals surface area (Å²) in [5.41, 5.74) is 1.15. The first-order chi connectivity index (χ1) is 12.9. The van der Waals surface area contributed by atoms with E-state index < -0.39 is 11.7 Å². The molecular formula is C19H18FN3O3S. The van der Waals surface area contributed by atoms with Crippen molar-refractivity contribution in [2.75, 3.05) is 27.8 Å². The van der Waals surface area contributed by atoms with Crippen LogP contribution < -0.4 is 15.5 Å². The van der Waals surface area contributed by atoms with Crippen LogP contribution >= 0.6 is 11.8 Å². The van der Waals surface area contributed by atoms with Gasteiger partial charge in [-0.05, 0) is 30.3 Å². The predicted molar refractivity (Wildman–Crippen MR) is 103 cm³/mol. The highest BCUT2D eigenvalue weighted by atomic mass is 32.2. The van der Waals surface area contributed by atoms with Gasteiger partial charge in [0.2, 0.25) is 17.7 Å². The second kappa shape index (κ2) is 8.22. The molecular weight excluding hydrogens is 369 g/mol. The van der Waals surface area contributed by atoms with E-state index in [1.165, 1.54) is 36.9 Å². The maximum absolute atomic E-state index is 13.9. The molecule has 6 nitrogen and oxygen atoms in total. The number of fused-ring (bicyclic) bond motifs is 1. The monoisotopic (exact) mass is 387 g/mol. The second-order valence-electron chi connectivity index (χ2n) is 5.98. The van der Waals surface area contributed by atoms with E-state index in [-0.39, 0.29) is 30.5 Å². The normalized spacial score (nSPS) is 13.1. The molecule has 2 aromatic rings. The third-order valence-corrected chi connectivity index (χ3v) is 4.98. The molecule has 0 unspecified atom stereocenters. The Morgan fingerprint density at radius 1 is 1.19 bits per heavy atom. The number of anilines is 3. The van der Waals surface area contributed by atoms with E-state index in [0.29, 0.717) is 11.4 Å². The van der Waals surface area contributed by atoms with Crippen molar-refractivity contribution in [2.24, 2.45) is 0 Å². The van der Waals surface area contributed by atoms with Crippen molar-refractivity contribution in [3.8, 4) is 0 Å². The smallest absolute Gasteiger partial charge is 0.237 e. The molecule has 27 heavy (non-hydrogen) atoms. The van der Waals surface area contributed by atoms with Crippen molar-refractivity contribution in [3.05, 3.63) is 48.3 Å². The minimum Gasteiger partial charge on any atom is -0.326 e. The summed E-state index contributed by atoms with van der Waals surface area (Å²) in [4.78, 5) is 38.1. The standard InChI is InChI=1S/C19H18FN3O3S/c1-12(24)21-13-6-7-14(20)15(10-13)22-18(25)8-9-23-16-4-2-3-5-17(16)27-11-19(23)26/h2-7,10H,8-9,11H2,1H3,(H,21,24)(H,22,25). The maximum Gasteiger partial charge on any atom is 0.237 e. The van der Waals surface area contributed by atoms with Gasteiger partial charge in [0, 0.05) is 30.5 Å². The predicted octanol–water partition coefficient (Wildman–Crippen LogP) is 3.25. The Bertz CT molecular complexity index is 904. The van der Waals surface area contributed by atoms with Crippen molar-refractivity contribution >= 4 is 46.5 Å². The van der Waals surface area contributed by atoms with Gasteiger partial charge < -0.3 is 15.5 Å². The molecule has 1 aliphatic rings. The number of nitrogens with zero attached hydrogens (tertiary/aromatic N) is 1. The maximum atomic E-state index is 13.9. The van der Waals surface area contributed by atoms with Gasteiger partial charge in [0.05, 0.1) is 17.1 Å². The molecule has 1 heterocycles. The summed E-state index contributed by atoms with van der Waals surface area (Å²) in [6.07, 6.45) is 0.0224. The zero-order chi connectivity index (χ0) is 19.4. The summed E-state index contributed by atoms with van der Waals surface area (Å²) in [5, 5.41) is 5.03. The number of halogens is 1. The summed E-state index contributed by atoms with van der Waals surface area (Å²) < 4.78 is 13.9. The zero-order valence-electron chi connectivity index (χ0n) is 14.6. The highest BCUT2D eigenvalue weighted by Gasteiger charge is 2.24. The van der Waals surface area contributed by atoms with E-state index in [9.17, 15) is 18.8 Å². The number of carbonyl (C=O) groups excluding carboxylic acids is 3. The van der Waals surface area contributed by atoms with Gasteiger partial charge in [0.15, 0.2) is 0 Å². The van der Waals surface area contributed by atoms with Crippen LogP contribution in [0.4, 0.5) is 21.5 Å². The summed E-state index contributed by atoms with van der Waals surface area (Å²) >= 11 is 1.47. The molecule has 0 saturated heterocycles. The molecule has 2 N–H and O–H groups in total. The van der Waals surface area contributed by atoms with Gasteiger partial charge in [-0.3, -0.25) is 14.4 Å². The first kappa shape index (κ1) is 18.9. The third kappa shape index (κ3) is 4.65. The molecule has 2 aromatic carbocycles. The molecule has 3 amide bonds. The van der Waals surface area contributed by atoms with E-state index >= 15 is 0 Å². The van der Waals surface area contributed by atoms with Gasteiger partial charge in [-0.1, -0.05) is 12.1 Å². The van der Waals surface area contributed by atoms with E-state index in [1.54, 1.807) is 4.90 Å². The number of amides is 3. The Hall–Kier alpha value is -2.87. The van der Waals surface area contributed by atoms with E-state index in [2.05, 4.69) is 10.6 Å². The summed E-state index contributed by atoms with van der Waals surface area (Å²) in [6.45, 7) is 1.54. The van der Waals surface area contributed by atoms with Crippen LogP contribution in [0.2, 0.25) is 0 Å². The molecule has 0 aliphatic carbocycles. The summed E-state index contributed by atoms with van der Waals surface area (Å²) in [7, 11) is 0. The zero-order valence-corrected chi connectivity index (χ0v) is 15.4. The van der Waals surface area contributed by atoms with Crippen LogP contribution in [0.1, 0.15) is 13.3 Å². The molecule has 0 spiro atoms. The molecule has 1 aliphatic heterocycles. The highest BCUT2D eigenvalue weighted by Crippen LogP contribution is 2.34. The fourth-order valence-corrected chi connectivity index (χ4v) is 3.66. The van der Waals surface area contributed by atoms with Crippen molar-refractivity contribution < 1.29 is 18.8 Å². The Morgan fingerprint density at radius 2 is 1.96 bits per heavy atom. The van der Waals surface area contributed by atoms with Crippen molar-refractivity contribution in [3.63, 3.8) is 0 Å². The molecule has 0 saturated carbocycles. The molecule has 0 radical (unpaired) electrons. The van der Waals surface area contributed by atoms with Gasteiger partial charge in [-0.25, -0.2) is 4.39 Å².